The molecule has 2 N–H and O–H groups in total. The van der Waals surface area contributed by atoms with Crippen molar-refractivity contribution in [3.05, 3.63) is 60.2 Å². The van der Waals surface area contributed by atoms with Gasteiger partial charge in [-0.25, -0.2) is 0 Å². The number of hydrogen-bond acceptors (Lipinski definition) is 4. The third-order valence-corrected chi connectivity index (χ3v) is 4.76. The Morgan fingerprint density at radius 2 is 1.81 bits per heavy atom. The molecular formula is C21H26N2O3. The highest BCUT2D eigenvalue weighted by molar-refractivity contribution is 5.81. The second-order valence-corrected chi connectivity index (χ2v) is 6.70. The largest absolute Gasteiger partial charge is 0.490 e. The number of nitrogens with zero attached hydrogens (tertiary/aromatic N) is 1. The van der Waals surface area contributed by atoms with E-state index in [0.29, 0.717) is 5.75 Å². The molecule has 1 heterocycles. The fraction of sp³-hybridized carbons (Fsp3) is 0.381. The first-order valence-electron chi connectivity index (χ1n) is 9.10. The van der Waals surface area contributed by atoms with E-state index in [1.165, 1.54) is 5.69 Å². The van der Waals surface area contributed by atoms with Crippen molar-refractivity contribution < 1.29 is 14.6 Å². The molecule has 2 aromatic carbocycles. The molecule has 1 atom stereocenters. The Kier molecular flexibility index (Phi) is 6.12. The Morgan fingerprint density at radius 1 is 1.15 bits per heavy atom. The molecule has 2 aromatic rings. The van der Waals surface area contributed by atoms with Gasteiger partial charge in [-0.2, -0.15) is 0 Å². The van der Waals surface area contributed by atoms with E-state index in [1.54, 1.807) is 0 Å². The lowest BCUT2D eigenvalue weighted by Crippen LogP contribution is -2.48. The van der Waals surface area contributed by atoms with Crippen molar-refractivity contribution in [3.63, 3.8) is 0 Å². The molecule has 0 aromatic heterocycles. The van der Waals surface area contributed by atoms with E-state index >= 15 is 0 Å². The van der Waals surface area contributed by atoms with Gasteiger partial charge >= 0.3 is 0 Å². The van der Waals surface area contributed by atoms with Crippen LogP contribution in [0.25, 0.3) is 0 Å². The summed E-state index contributed by atoms with van der Waals surface area (Å²) in [7, 11) is 0. The third kappa shape index (κ3) is 4.76. The maximum atomic E-state index is 12.2. The van der Waals surface area contributed by atoms with Crippen LogP contribution in [0.3, 0.4) is 0 Å². The minimum absolute atomic E-state index is 0.0421. The van der Waals surface area contributed by atoms with E-state index in [-0.39, 0.29) is 18.6 Å². The monoisotopic (exact) mass is 354 g/mol. The summed E-state index contributed by atoms with van der Waals surface area (Å²) >= 11 is 0. The van der Waals surface area contributed by atoms with E-state index in [0.717, 1.165) is 31.5 Å². The van der Waals surface area contributed by atoms with E-state index in [2.05, 4.69) is 22.3 Å². The Labute approximate surface area is 154 Å². The van der Waals surface area contributed by atoms with Crippen LogP contribution in [0.15, 0.2) is 54.6 Å². The maximum absolute atomic E-state index is 12.2. The minimum atomic E-state index is -1.17. The first-order valence-corrected chi connectivity index (χ1v) is 9.10. The first kappa shape index (κ1) is 18.3. The van der Waals surface area contributed by atoms with Gasteiger partial charge in [0.05, 0.1) is 0 Å². The standard InChI is InChI=1S/C21H26N2O3/c1-16-7-5-6-10-20(16)26-15-19(24)21(25)22-17-11-13-23(14-12-17)18-8-3-2-4-9-18/h2-10,17,19,24H,11-15H2,1H3,(H,22,25)/t19-/m1/s1. The number of aryl methyl sites for hydroxylation is 1. The molecule has 0 saturated carbocycles. The smallest absolute Gasteiger partial charge is 0.252 e. The molecule has 1 saturated heterocycles. The van der Waals surface area contributed by atoms with Gasteiger partial charge in [0, 0.05) is 24.8 Å². The van der Waals surface area contributed by atoms with Gasteiger partial charge < -0.3 is 20.1 Å². The number of anilines is 1. The molecule has 1 fully saturated rings. The number of para-hydroxylation sites is 2. The Balaban J connectivity index is 1.43. The van der Waals surface area contributed by atoms with Crippen molar-refractivity contribution in [2.24, 2.45) is 0 Å². The number of aliphatic hydroxyl groups is 1. The number of ether oxygens (including phenoxy) is 1. The third-order valence-electron chi connectivity index (χ3n) is 4.76. The molecule has 0 bridgehead atoms. The van der Waals surface area contributed by atoms with Crippen molar-refractivity contribution in [3.8, 4) is 5.75 Å². The summed E-state index contributed by atoms with van der Waals surface area (Å²) in [5.41, 5.74) is 2.19. The van der Waals surface area contributed by atoms with Gasteiger partial charge in [-0.3, -0.25) is 4.79 Å². The van der Waals surface area contributed by atoms with Gasteiger partial charge in [-0.1, -0.05) is 36.4 Å². The van der Waals surface area contributed by atoms with Crippen LogP contribution >= 0.6 is 0 Å². The summed E-state index contributed by atoms with van der Waals surface area (Å²) in [6.07, 6.45) is 0.569. The second-order valence-electron chi connectivity index (χ2n) is 6.70. The molecule has 1 amide bonds. The second kappa shape index (κ2) is 8.72. The van der Waals surface area contributed by atoms with E-state index < -0.39 is 6.10 Å². The number of piperidine rings is 1. The SMILES string of the molecule is Cc1ccccc1OC[C@@H](O)C(=O)NC1CCN(c2ccccc2)CC1. The molecule has 3 rings (SSSR count). The topological polar surface area (TPSA) is 61.8 Å². The predicted molar refractivity (Wildman–Crippen MR) is 103 cm³/mol. The Hall–Kier alpha value is -2.53. The number of nitrogens with one attached hydrogen (secondary N) is 1. The highest BCUT2D eigenvalue weighted by Crippen LogP contribution is 2.20. The lowest BCUT2D eigenvalue weighted by atomic mass is 10.0. The van der Waals surface area contributed by atoms with Crippen LogP contribution in [0.1, 0.15) is 18.4 Å². The summed E-state index contributed by atoms with van der Waals surface area (Å²) in [6.45, 7) is 3.68. The fourth-order valence-electron chi connectivity index (χ4n) is 3.18. The van der Waals surface area contributed by atoms with Crippen LogP contribution in [-0.2, 0) is 4.79 Å². The van der Waals surface area contributed by atoms with Crippen LogP contribution in [0, 0.1) is 6.92 Å². The normalized spacial score (nSPS) is 16.2. The molecule has 1 aliphatic heterocycles. The molecule has 5 heteroatoms. The van der Waals surface area contributed by atoms with Gasteiger partial charge in [0.1, 0.15) is 12.4 Å². The molecule has 0 radical (unpaired) electrons. The van der Waals surface area contributed by atoms with E-state index in [9.17, 15) is 9.90 Å². The molecule has 0 unspecified atom stereocenters. The molecule has 26 heavy (non-hydrogen) atoms. The number of benzene rings is 2. The van der Waals surface area contributed by atoms with Crippen molar-refractivity contribution in [1.29, 1.82) is 0 Å². The van der Waals surface area contributed by atoms with Gasteiger partial charge in [0.2, 0.25) is 0 Å². The van der Waals surface area contributed by atoms with E-state index in [4.69, 9.17) is 4.74 Å². The van der Waals surface area contributed by atoms with Crippen LogP contribution < -0.4 is 15.0 Å². The molecule has 1 aliphatic rings. The van der Waals surface area contributed by atoms with Crippen molar-refractivity contribution >= 4 is 11.6 Å². The molecule has 5 nitrogen and oxygen atoms in total. The maximum Gasteiger partial charge on any atom is 0.252 e. The number of rotatable bonds is 6. The summed E-state index contributed by atoms with van der Waals surface area (Å²) in [4.78, 5) is 14.5. The first-order chi connectivity index (χ1) is 12.6. The zero-order chi connectivity index (χ0) is 18.4. The summed E-state index contributed by atoms with van der Waals surface area (Å²) < 4.78 is 5.56. The quantitative estimate of drug-likeness (QED) is 0.837. The molecular weight excluding hydrogens is 328 g/mol. The van der Waals surface area contributed by atoms with Gasteiger partial charge in [0.15, 0.2) is 6.10 Å². The lowest BCUT2D eigenvalue weighted by Gasteiger charge is -2.34. The Bertz CT molecular complexity index is 712. The zero-order valence-corrected chi connectivity index (χ0v) is 15.1. The summed E-state index contributed by atoms with van der Waals surface area (Å²) in [5, 5.41) is 13.0. The van der Waals surface area contributed by atoms with Crippen molar-refractivity contribution in [2.75, 3.05) is 24.6 Å². The highest BCUT2D eigenvalue weighted by atomic mass is 16.5. The van der Waals surface area contributed by atoms with Crippen LogP contribution in [0.4, 0.5) is 5.69 Å². The van der Waals surface area contributed by atoms with Crippen LogP contribution in [0.5, 0.6) is 5.75 Å². The predicted octanol–water partition coefficient (Wildman–Crippen LogP) is 2.52. The van der Waals surface area contributed by atoms with Crippen LogP contribution in [-0.4, -0.2) is 42.9 Å². The molecule has 138 valence electrons. The zero-order valence-electron chi connectivity index (χ0n) is 15.1. The number of aliphatic hydroxyl groups excluding tert-OH is 1. The van der Waals surface area contributed by atoms with E-state index in [1.807, 2.05) is 49.4 Å². The average molecular weight is 354 g/mol. The van der Waals surface area contributed by atoms with Crippen LogP contribution in [0.2, 0.25) is 0 Å². The van der Waals surface area contributed by atoms with Gasteiger partial charge in [-0.15, -0.1) is 0 Å². The molecule has 0 spiro atoms. The average Bonchev–Trinajstić information content (AvgIpc) is 2.68. The minimum Gasteiger partial charge on any atom is -0.490 e. The summed E-state index contributed by atoms with van der Waals surface area (Å²) in [6, 6.07) is 17.9. The number of carbonyl (C=O) groups excluding carboxylic acids is 1. The molecule has 0 aliphatic carbocycles. The highest BCUT2D eigenvalue weighted by Gasteiger charge is 2.24. The fourth-order valence-corrected chi connectivity index (χ4v) is 3.18. The number of amides is 1. The lowest BCUT2D eigenvalue weighted by molar-refractivity contribution is -0.131. The van der Waals surface area contributed by atoms with Gasteiger partial charge in [0.25, 0.3) is 5.91 Å². The summed E-state index contributed by atoms with van der Waals surface area (Å²) in [5.74, 6) is 0.326. The number of hydrogen-bond donors (Lipinski definition) is 2. The van der Waals surface area contributed by atoms with Crippen molar-refractivity contribution in [2.45, 2.75) is 31.9 Å². The van der Waals surface area contributed by atoms with Crippen molar-refractivity contribution in [1.82, 2.24) is 5.32 Å². The number of carbonyl (C=O) groups is 1. The van der Waals surface area contributed by atoms with Gasteiger partial charge in [-0.05, 0) is 43.5 Å². The Morgan fingerprint density at radius 3 is 2.50 bits per heavy atom.